The van der Waals surface area contributed by atoms with E-state index >= 15 is 0 Å². The summed E-state index contributed by atoms with van der Waals surface area (Å²) >= 11 is 0. The average Bonchev–Trinajstić information content (AvgIpc) is 2.73. The van der Waals surface area contributed by atoms with Gasteiger partial charge in [-0.25, -0.2) is 0 Å². The lowest BCUT2D eigenvalue weighted by molar-refractivity contribution is 0.0946. The van der Waals surface area contributed by atoms with E-state index in [-0.39, 0.29) is 5.91 Å². The number of nitrogens with zero attached hydrogens (tertiary/aromatic N) is 2. The minimum Gasteiger partial charge on any atom is -0.497 e. The summed E-state index contributed by atoms with van der Waals surface area (Å²) in [6, 6.07) is 12.6. The second-order valence-corrected chi connectivity index (χ2v) is 5.66. The van der Waals surface area contributed by atoms with Gasteiger partial charge in [0.05, 0.1) is 19.9 Å². The molecule has 7 nitrogen and oxygen atoms in total. The highest BCUT2D eigenvalue weighted by Gasteiger charge is 2.10. The Morgan fingerprint density at radius 1 is 1.07 bits per heavy atom. The van der Waals surface area contributed by atoms with Crippen LogP contribution in [0, 0.1) is 0 Å². The van der Waals surface area contributed by atoms with Crippen molar-refractivity contribution in [2.24, 2.45) is 0 Å². The normalized spacial score (nSPS) is 10.1. The number of anilines is 2. The van der Waals surface area contributed by atoms with E-state index in [0.717, 1.165) is 11.3 Å². The van der Waals surface area contributed by atoms with Crippen LogP contribution in [0.25, 0.3) is 0 Å². The first-order chi connectivity index (χ1) is 13.2. The molecule has 0 radical (unpaired) electrons. The summed E-state index contributed by atoms with van der Waals surface area (Å²) in [5.74, 6) is 1.09. The fourth-order valence-corrected chi connectivity index (χ4v) is 2.48. The summed E-state index contributed by atoms with van der Waals surface area (Å²) in [5, 5.41) is 6.07. The third-order valence-corrected chi connectivity index (χ3v) is 3.85. The van der Waals surface area contributed by atoms with Gasteiger partial charge in [-0.3, -0.25) is 14.8 Å². The zero-order valence-corrected chi connectivity index (χ0v) is 15.1. The maximum Gasteiger partial charge on any atom is 0.270 e. The van der Waals surface area contributed by atoms with Crippen molar-refractivity contribution in [1.29, 1.82) is 0 Å². The Bertz CT molecular complexity index is 916. The number of amides is 1. The molecule has 2 aromatic heterocycles. The average molecular weight is 364 g/mol. The molecular formula is C20H20N4O3. The number of nitrogens with one attached hydrogen (secondary N) is 2. The molecule has 0 unspecified atom stereocenters. The standard InChI is InChI=1S/C20H20N4O3/c1-26-16-5-6-19(27-2)17(11-16)24-15-7-9-22-18(10-15)20(25)23-13-14-4-3-8-21-12-14/h3-12H,13H2,1-2H3,(H,22,24)(H,23,25). The molecule has 0 aliphatic heterocycles. The van der Waals surface area contributed by atoms with Crippen molar-refractivity contribution in [3.8, 4) is 11.5 Å². The molecule has 0 spiro atoms. The Morgan fingerprint density at radius 3 is 2.70 bits per heavy atom. The minimum absolute atomic E-state index is 0.264. The van der Waals surface area contributed by atoms with Gasteiger partial charge >= 0.3 is 0 Å². The van der Waals surface area contributed by atoms with Crippen molar-refractivity contribution < 1.29 is 14.3 Å². The number of ether oxygens (including phenoxy) is 2. The summed E-state index contributed by atoms with van der Waals surface area (Å²) in [5.41, 5.74) is 2.67. The van der Waals surface area contributed by atoms with Gasteiger partial charge in [-0.1, -0.05) is 6.07 Å². The van der Waals surface area contributed by atoms with E-state index in [2.05, 4.69) is 20.6 Å². The van der Waals surface area contributed by atoms with Crippen LogP contribution in [0.4, 0.5) is 11.4 Å². The highest BCUT2D eigenvalue weighted by Crippen LogP contribution is 2.31. The maximum absolute atomic E-state index is 12.4. The van der Waals surface area contributed by atoms with Crippen LogP contribution in [-0.4, -0.2) is 30.1 Å². The molecule has 2 heterocycles. The third-order valence-electron chi connectivity index (χ3n) is 3.85. The lowest BCUT2D eigenvalue weighted by atomic mass is 10.2. The number of hydrogen-bond donors (Lipinski definition) is 2. The van der Waals surface area contributed by atoms with E-state index in [1.165, 1.54) is 0 Å². The predicted octanol–water partition coefficient (Wildman–Crippen LogP) is 3.17. The van der Waals surface area contributed by atoms with E-state index in [4.69, 9.17) is 9.47 Å². The summed E-state index contributed by atoms with van der Waals surface area (Å²) in [7, 11) is 3.19. The Morgan fingerprint density at radius 2 is 1.96 bits per heavy atom. The van der Waals surface area contributed by atoms with Crippen molar-refractivity contribution in [2.75, 3.05) is 19.5 Å². The molecule has 0 saturated heterocycles. The van der Waals surface area contributed by atoms with Gasteiger partial charge in [-0.2, -0.15) is 0 Å². The highest BCUT2D eigenvalue weighted by atomic mass is 16.5. The number of carbonyl (C=O) groups excluding carboxylic acids is 1. The molecule has 0 aliphatic rings. The predicted molar refractivity (Wildman–Crippen MR) is 102 cm³/mol. The first kappa shape index (κ1) is 18.2. The van der Waals surface area contributed by atoms with Crippen molar-refractivity contribution >= 4 is 17.3 Å². The number of pyridine rings is 2. The largest absolute Gasteiger partial charge is 0.497 e. The number of benzene rings is 1. The first-order valence-electron chi connectivity index (χ1n) is 8.32. The van der Waals surface area contributed by atoms with Gasteiger partial charge in [0.25, 0.3) is 5.91 Å². The molecule has 0 atom stereocenters. The molecule has 0 saturated carbocycles. The quantitative estimate of drug-likeness (QED) is 0.670. The molecule has 3 rings (SSSR count). The lowest BCUT2D eigenvalue weighted by Crippen LogP contribution is -2.23. The second-order valence-electron chi connectivity index (χ2n) is 5.66. The molecule has 0 fully saturated rings. The molecule has 0 aliphatic carbocycles. The third kappa shape index (κ3) is 4.72. The Balaban J connectivity index is 1.73. The molecular weight excluding hydrogens is 344 g/mol. The Labute approximate surface area is 157 Å². The summed E-state index contributed by atoms with van der Waals surface area (Å²) in [6.45, 7) is 0.385. The molecule has 1 aromatic carbocycles. The smallest absolute Gasteiger partial charge is 0.270 e. The van der Waals surface area contributed by atoms with Crippen molar-refractivity contribution in [3.63, 3.8) is 0 Å². The first-order valence-corrected chi connectivity index (χ1v) is 8.32. The zero-order valence-electron chi connectivity index (χ0n) is 15.1. The van der Waals surface area contributed by atoms with E-state index in [1.54, 1.807) is 44.9 Å². The van der Waals surface area contributed by atoms with Crippen LogP contribution < -0.4 is 20.1 Å². The van der Waals surface area contributed by atoms with Crippen LogP contribution in [0.3, 0.4) is 0 Å². The van der Waals surface area contributed by atoms with Gasteiger partial charge < -0.3 is 20.1 Å². The van der Waals surface area contributed by atoms with Gasteiger partial charge in [0, 0.05) is 36.9 Å². The summed E-state index contributed by atoms with van der Waals surface area (Å²) < 4.78 is 10.6. The zero-order chi connectivity index (χ0) is 19.1. The molecule has 1 amide bonds. The minimum atomic E-state index is -0.264. The summed E-state index contributed by atoms with van der Waals surface area (Å²) in [6.07, 6.45) is 4.98. The monoisotopic (exact) mass is 364 g/mol. The van der Waals surface area contributed by atoms with Gasteiger partial charge in [-0.05, 0) is 35.9 Å². The number of aromatic nitrogens is 2. The number of hydrogen-bond acceptors (Lipinski definition) is 6. The van der Waals surface area contributed by atoms with E-state index in [0.29, 0.717) is 29.4 Å². The maximum atomic E-state index is 12.4. The van der Waals surface area contributed by atoms with Crippen molar-refractivity contribution in [1.82, 2.24) is 15.3 Å². The van der Waals surface area contributed by atoms with Crippen molar-refractivity contribution in [2.45, 2.75) is 6.54 Å². The summed E-state index contributed by atoms with van der Waals surface area (Å²) in [4.78, 5) is 20.6. The lowest BCUT2D eigenvalue weighted by Gasteiger charge is -2.13. The van der Waals surface area contributed by atoms with Crippen LogP contribution in [0.5, 0.6) is 11.5 Å². The molecule has 27 heavy (non-hydrogen) atoms. The number of methoxy groups -OCH3 is 2. The van der Waals surface area contributed by atoms with Crippen LogP contribution in [-0.2, 0) is 6.54 Å². The van der Waals surface area contributed by atoms with Gasteiger partial charge in [0.2, 0.25) is 0 Å². The van der Waals surface area contributed by atoms with Gasteiger partial charge in [0.1, 0.15) is 17.2 Å². The highest BCUT2D eigenvalue weighted by molar-refractivity contribution is 5.93. The molecule has 3 aromatic rings. The number of carbonyl (C=O) groups is 1. The Hall–Kier alpha value is -3.61. The SMILES string of the molecule is COc1ccc(OC)c(Nc2ccnc(C(=O)NCc3cccnc3)c2)c1. The van der Waals surface area contributed by atoms with E-state index in [9.17, 15) is 4.79 Å². The van der Waals surface area contributed by atoms with Crippen LogP contribution in [0.15, 0.2) is 61.1 Å². The second kappa shape index (κ2) is 8.66. The van der Waals surface area contributed by atoms with Crippen molar-refractivity contribution in [3.05, 3.63) is 72.3 Å². The molecule has 0 bridgehead atoms. The van der Waals surface area contributed by atoms with E-state index < -0.39 is 0 Å². The fraction of sp³-hybridized carbons (Fsp3) is 0.150. The van der Waals surface area contributed by atoms with Gasteiger partial charge in [0.15, 0.2) is 0 Å². The molecule has 7 heteroatoms. The van der Waals surface area contributed by atoms with Crippen LogP contribution in [0.2, 0.25) is 0 Å². The van der Waals surface area contributed by atoms with E-state index in [1.807, 2.05) is 30.3 Å². The van der Waals surface area contributed by atoms with Gasteiger partial charge in [-0.15, -0.1) is 0 Å². The number of rotatable bonds is 7. The Kier molecular flexibility index (Phi) is 5.84. The van der Waals surface area contributed by atoms with Crippen LogP contribution >= 0.6 is 0 Å². The fourth-order valence-electron chi connectivity index (χ4n) is 2.48. The molecule has 138 valence electrons. The molecule has 2 N–H and O–H groups in total. The van der Waals surface area contributed by atoms with Crippen LogP contribution in [0.1, 0.15) is 16.1 Å². The topological polar surface area (TPSA) is 85.4 Å².